The maximum Gasteiger partial charge on any atom is 0.0431 e. The second-order valence-electron chi connectivity index (χ2n) is 1.63. The van der Waals surface area contributed by atoms with E-state index < -0.39 is 0 Å². The van der Waals surface area contributed by atoms with E-state index in [0.717, 1.165) is 19.3 Å². The second-order valence-corrected chi connectivity index (χ2v) is 1.63. The number of aliphatic hydroxyl groups excluding tert-OH is 1. The molecule has 0 aromatic heterocycles. The van der Waals surface area contributed by atoms with Crippen molar-refractivity contribution in [1.29, 1.82) is 0 Å². The monoisotopic (exact) mass is 122 g/mol. The molecule has 0 aliphatic carbocycles. The van der Waals surface area contributed by atoms with E-state index in [4.69, 9.17) is 11.5 Å². The van der Waals surface area contributed by atoms with E-state index in [0.29, 0.717) is 0 Å². The molecular formula is C8H10O. The first-order valence-corrected chi connectivity index (χ1v) is 2.96. The highest BCUT2D eigenvalue weighted by atomic mass is 16.2. The molecule has 48 valence electrons. The van der Waals surface area contributed by atoms with E-state index in [-0.39, 0.29) is 6.61 Å². The van der Waals surface area contributed by atoms with Crippen molar-refractivity contribution in [2.45, 2.75) is 19.3 Å². The molecular weight excluding hydrogens is 112 g/mol. The Kier molecular flexibility index (Phi) is 6.36. The van der Waals surface area contributed by atoms with E-state index >= 15 is 0 Å². The van der Waals surface area contributed by atoms with Crippen LogP contribution in [0.3, 0.4) is 0 Å². The highest BCUT2D eigenvalue weighted by molar-refractivity contribution is 5.21. The Bertz CT molecular complexity index is 142. The predicted molar refractivity (Wildman–Crippen MR) is 37.5 cm³/mol. The van der Waals surface area contributed by atoms with Crippen LogP contribution in [-0.2, 0) is 0 Å². The largest absolute Gasteiger partial charge is 0.396 e. The SMILES string of the molecule is C#CC#CCCCCO. The molecule has 0 atom stereocenters. The summed E-state index contributed by atoms with van der Waals surface area (Å²) in [6.45, 7) is 0.248. The van der Waals surface area contributed by atoms with Crippen molar-refractivity contribution in [3.63, 3.8) is 0 Å². The fourth-order valence-electron chi connectivity index (χ4n) is 0.439. The first-order valence-electron chi connectivity index (χ1n) is 2.96. The molecule has 0 fully saturated rings. The molecule has 1 N–H and O–H groups in total. The van der Waals surface area contributed by atoms with Crippen LogP contribution >= 0.6 is 0 Å². The molecule has 0 radical (unpaired) electrons. The topological polar surface area (TPSA) is 20.2 Å². The summed E-state index contributed by atoms with van der Waals surface area (Å²) in [4.78, 5) is 0. The fourth-order valence-corrected chi connectivity index (χ4v) is 0.439. The van der Waals surface area contributed by atoms with Gasteiger partial charge >= 0.3 is 0 Å². The van der Waals surface area contributed by atoms with Crippen molar-refractivity contribution >= 4 is 0 Å². The number of rotatable bonds is 3. The van der Waals surface area contributed by atoms with Crippen molar-refractivity contribution in [2.24, 2.45) is 0 Å². The van der Waals surface area contributed by atoms with Crippen LogP contribution in [0.2, 0.25) is 0 Å². The van der Waals surface area contributed by atoms with Crippen molar-refractivity contribution in [3.05, 3.63) is 0 Å². The van der Waals surface area contributed by atoms with Gasteiger partial charge in [0.1, 0.15) is 0 Å². The number of hydrogen-bond donors (Lipinski definition) is 1. The molecule has 0 aromatic rings. The summed E-state index contributed by atoms with van der Waals surface area (Å²) in [6, 6.07) is 0. The van der Waals surface area contributed by atoms with Gasteiger partial charge in [0.25, 0.3) is 0 Å². The Hall–Kier alpha value is -0.920. The molecule has 0 aromatic carbocycles. The maximum atomic E-state index is 8.33. The van der Waals surface area contributed by atoms with Crippen LogP contribution in [0, 0.1) is 24.2 Å². The van der Waals surface area contributed by atoms with Gasteiger partial charge in [0, 0.05) is 13.0 Å². The molecule has 0 saturated carbocycles. The minimum atomic E-state index is 0.248. The minimum absolute atomic E-state index is 0.248. The third-order valence-corrected chi connectivity index (χ3v) is 0.870. The van der Waals surface area contributed by atoms with Crippen LogP contribution in [-0.4, -0.2) is 11.7 Å². The zero-order valence-corrected chi connectivity index (χ0v) is 5.35. The number of hydrogen-bond acceptors (Lipinski definition) is 1. The Balaban J connectivity index is 3.02. The first-order chi connectivity index (χ1) is 4.41. The summed E-state index contributed by atoms with van der Waals surface area (Å²) in [7, 11) is 0. The third-order valence-electron chi connectivity index (χ3n) is 0.870. The summed E-state index contributed by atoms with van der Waals surface area (Å²) >= 11 is 0. The van der Waals surface area contributed by atoms with Gasteiger partial charge in [-0.2, -0.15) is 0 Å². The predicted octanol–water partition coefficient (Wildman–Crippen LogP) is 0.786. The summed E-state index contributed by atoms with van der Waals surface area (Å²) in [6.07, 6.45) is 7.42. The lowest BCUT2D eigenvalue weighted by Crippen LogP contribution is -1.80. The standard InChI is InChI=1S/C8H10O/c1-2-3-4-5-6-7-8-9/h1,9H,5-8H2. The lowest BCUT2D eigenvalue weighted by atomic mass is 10.2. The molecule has 0 heterocycles. The Morgan fingerprint density at radius 1 is 1.33 bits per heavy atom. The molecule has 0 aliphatic heterocycles. The average molecular weight is 122 g/mol. The van der Waals surface area contributed by atoms with Gasteiger partial charge < -0.3 is 5.11 Å². The highest BCUT2D eigenvalue weighted by Crippen LogP contribution is 1.90. The number of terminal acetylenes is 1. The van der Waals surface area contributed by atoms with Gasteiger partial charge in [-0.05, 0) is 24.7 Å². The van der Waals surface area contributed by atoms with Crippen molar-refractivity contribution in [2.75, 3.05) is 6.61 Å². The quantitative estimate of drug-likeness (QED) is 0.433. The third kappa shape index (κ3) is 7.08. The van der Waals surface area contributed by atoms with Gasteiger partial charge in [0.05, 0.1) is 0 Å². The van der Waals surface area contributed by atoms with Crippen LogP contribution < -0.4 is 0 Å². The molecule has 9 heavy (non-hydrogen) atoms. The van der Waals surface area contributed by atoms with Crippen molar-refractivity contribution in [1.82, 2.24) is 0 Å². The second kappa shape index (κ2) is 7.08. The summed E-state index contributed by atoms with van der Waals surface area (Å²) in [5.74, 6) is 7.50. The average Bonchev–Trinajstić information content (AvgIpc) is 1.89. The molecule has 0 rings (SSSR count). The van der Waals surface area contributed by atoms with Crippen LogP contribution in [0.1, 0.15) is 19.3 Å². The Morgan fingerprint density at radius 3 is 2.67 bits per heavy atom. The van der Waals surface area contributed by atoms with E-state index in [1.54, 1.807) is 0 Å². The van der Waals surface area contributed by atoms with Crippen LogP contribution in [0.5, 0.6) is 0 Å². The van der Waals surface area contributed by atoms with E-state index in [9.17, 15) is 0 Å². The zero-order valence-electron chi connectivity index (χ0n) is 5.35. The Labute approximate surface area is 56.1 Å². The molecule has 0 bridgehead atoms. The van der Waals surface area contributed by atoms with Gasteiger partial charge in [0.2, 0.25) is 0 Å². The van der Waals surface area contributed by atoms with Gasteiger partial charge in [-0.3, -0.25) is 0 Å². The van der Waals surface area contributed by atoms with Gasteiger partial charge in [-0.1, -0.05) is 5.92 Å². The normalized spacial score (nSPS) is 7.11. The Morgan fingerprint density at radius 2 is 2.11 bits per heavy atom. The van der Waals surface area contributed by atoms with Crippen LogP contribution in [0.25, 0.3) is 0 Å². The lowest BCUT2D eigenvalue weighted by Gasteiger charge is -1.86. The summed E-state index contributed by atoms with van der Waals surface area (Å²) in [5.41, 5.74) is 0. The maximum absolute atomic E-state index is 8.33. The van der Waals surface area contributed by atoms with Crippen LogP contribution in [0.4, 0.5) is 0 Å². The zero-order chi connectivity index (χ0) is 6.95. The highest BCUT2D eigenvalue weighted by Gasteiger charge is 1.79. The van der Waals surface area contributed by atoms with Crippen molar-refractivity contribution in [3.8, 4) is 24.2 Å². The lowest BCUT2D eigenvalue weighted by molar-refractivity contribution is 0.285. The fraction of sp³-hybridized carbons (Fsp3) is 0.500. The van der Waals surface area contributed by atoms with E-state index in [1.807, 2.05) is 0 Å². The smallest absolute Gasteiger partial charge is 0.0431 e. The minimum Gasteiger partial charge on any atom is -0.396 e. The molecule has 0 aliphatic rings. The summed E-state index contributed by atoms with van der Waals surface area (Å²) in [5, 5.41) is 8.33. The molecule has 0 spiro atoms. The van der Waals surface area contributed by atoms with Gasteiger partial charge in [0.15, 0.2) is 0 Å². The number of unbranched alkanes of at least 4 members (excludes halogenated alkanes) is 2. The van der Waals surface area contributed by atoms with Crippen LogP contribution in [0.15, 0.2) is 0 Å². The van der Waals surface area contributed by atoms with Gasteiger partial charge in [-0.15, -0.1) is 6.42 Å². The van der Waals surface area contributed by atoms with Gasteiger partial charge in [-0.25, -0.2) is 0 Å². The number of aliphatic hydroxyl groups is 1. The van der Waals surface area contributed by atoms with E-state index in [2.05, 4.69) is 17.8 Å². The molecule has 1 heteroatoms. The van der Waals surface area contributed by atoms with E-state index in [1.165, 1.54) is 0 Å². The first kappa shape index (κ1) is 8.08. The van der Waals surface area contributed by atoms with Crippen molar-refractivity contribution < 1.29 is 5.11 Å². The summed E-state index contributed by atoms with van der Waals surface area (Å²) < 4.78 is 0. The molecule has 0 unspecified atom stereocenters. The molecule has 0 amide bonds. The molecule has 1 nitrogen and oxygen atoms in total. The molecule has 0 saturated heterocycles.